The molecular formula is C13H19N3O3. The summed E-state index contributed by atoms with van der Waals surface area (Å²) in [6.07, 6.45) is 0.957. The minimum Gasteiger partial charge on any atom is -0.377 e. The lowest BCUT2D eigenvalue weighted by Gasteiger charge is -2.33. The standard InChI is InChI=1S/C13H19N3O3/c1-8-14-11(19-15-8)10-7-18-5-4-16(10)12(17)9-6-13(9,2)3/h9-10H,4-7H2,1-3H3/t9-,10-/m0/s1. The lowest BCUT2D eigenvalue weighted by atomic mass is 10.1. The lowest BCUT2D eigenvalue weighted by Crippen LogP contribution is -2.44. The zero-order chi connectivity index (χ0) is 13.6. The zero-order valence-electron chi connectivity index (χ0n) is 11.5. The molecule has 0 N–H and O–H groups in total. The van der Waals surface area contributed by atoms with Crippen LogP contribution in [0, 0.1) is 18.3 Å². The van der Waals surface area contributed by atoms with Crippen LogP contribution in [0.25, 0.3) is 0 Å². The second kappa shape index (κ2) is 4.30. The maximum atomic E-state index is 12.5. The van der Waals surface area contributed by atoms with Gasteiger partial charge >= 0.3 is 0 Å². The molecule has 2 aliphatic rings. The average molecular weight is 265 g/mol. The number of amides is 1. The normalized spacial score (nSPS) is 29.3. The molecule has 3 rings (SSSR count). The van der Waals surface area contributed by atoms with Crippen LogP contribution in [0.2, 0.25) is 0 Å². The highest BCUT2D eigenvalue weighted by Gasteiger charge is 2.53. The van der Waals surface area contributed by atoms with Crippen LogP contribution in [-0.4, -0.2) is 40.7 Å². The van der Waals surface area contributed by atoms with Crippen LogP contribution in [-0.2, 0) is 9.53 Å². The number of ether oxygens (including phenoxy) is 1. The van der Waals surface area contributed by atoms with Crippen LogP contribution in [0.5, 0.6) is 0 Å². The zero-order valence-corrected chi connectivity index (χ0v) is 11.5. The molecule has 1 aromatic rings. The number of nitrogens with zero attached hydrogens (tertiary/aromatic N) is 3. The Kier molecular flexibility index (Phi) is 2.85. The molecule has 2 fully saturated rings. The van der Waals surface area contributed by atoms with Gasteiger partial charge in [-0.25, -0.2) is 0 Å². The summed E-state index contributed by atoms with van der Waals surface area (Å²) in [6.45, 7) is 7.62. The van der Waals surface area contributed by atoms with E-state index in [2.05, 4.69) is 24.0 Å². The highest BCUT2D eigenvalue weighted by atomic mass is 16.5. The Morgan fingerprint density at radius 1 is 1.47 bits per heavy atom. The van der Waals surface area contributed by atoms with Crippen LogP contribution < -0.4 is 0 Å². The molecule has 1 saturated heterocycles. The summed E-state index contributed by atoms with van der Waals surface area (Å²) >= 11 is 0. The maximum absolute atomic E-state index is 12.5. The predicted molar refractivity (Wildman–Crippen MR) is 66.2 cm³/mol. The van der Waals surface area contributed by atoms with Gasteiger partial charge in [-0.1, -0.05) is 19.0 Å². The van der Waals surface area contributed by atoms with Gasteiger partial charge in [-0.2, -0.15) is 4.98 Å². The van der Waals surface area contributed by atoms with E-state index in [0.29, 0.717) is 31.5 Å². The number of aromatic nitrogens is 2. The molecular weight excluding hydrogens is 246 g/mol. The fourth-order valence-electron chi connectivity index (χ4n) is 2.61. The van der Waals surface area contributed by atoms with Crippen LogP contribution in [0.4, 0.5) is 0 Å². The van der Waals surface area contributed by atoms with Gasteiger partial charge in [-0.05, 0) is 18.8 Å². The molecule has 0 aromatic carbocycles. The summed E-state index contributed by atoms with van der Waals surface area (Å²) in [4.78, 5) is 18.6. The van der Waals surface area contributed by atoms with E-state index < -0.39 is 0 Å². The molecule has 2 atom stereocenters. The van der Waals surface area contributed by atoms with E-state index in [-0.39, 0.29) is 23.3 Å². The van der Waals surface area contributed by atoms with E-state index in [1.165, 1.54) is 0 Å². The Bertz CT molecular complexity index is 497. The number of carbonyl (C=O) groups excluding carboxylic acids is 1. The molecule has 0 radical (unpaired) electrons. The highest BCUT2D eigenvalue weighted by Crippen LogP contribution is 2.53. The third-order valence-electron chi connectivity index (χ3n) is 4.05. The number of aryl methyl sites for hydroxylation is 1. The van der Waals surface area contributed by atoms with Gasteiger partial charge in [0, 0.05) is 12.5 Å². The summed E-state index contributed by atoms with van der Waals surface area (Å²) in [7, 11) is 0. The molecule has 0 spiro atoms. The Morgan fingerprint density at radius 3 is 2.79 bits per heavy atom. The fourth-order valence-corrected chi connectivity index (χ4v) is 2.61. The molecule has 6 heteroatoms. The first-order valence-corrected chi connectivity index (χ1v) is 6.67. The SMILES string of the molecule is Cc1noc([C@@H]2COCCN2C(=O)[C@@H]2CC2(C)C)n1. The van der Waals surface area contributed by atoms with Crippen LogP contribution >= 0.6 is 0 Å². The van der Waals surface area contributed by atoms with Gasteiger partial charge < -0.3 is 14.2 Å². The number of rotatable bonds is 2. The third-order valence-corrected chi connectivity index (χ3v) is 4.05. The Balaban J connectivity index is 1.80. The van der Waals surface area contributed by atoms with E-state index in [0.717, 1.165) is 6.42 Å². The third kappa shape index (κ3) is 2.25. The Labute approximate surface area is 112 Å². The Morgan fingerprint density at radius 2 is 2.21 bits per heavy atom. The van der Waals surface area contributed by atoms with Crippen molar-refractivity contribution in [3.63, 3.8) is 0 Å². The molecule has 1 saturated carbocycles. The Hall–Kier alpha value is -1.43. The first-order valence-electron chi connectivity index (χ1n) is 6.67. The summed E-state index contributed by atoms with van der Waals surface area (Å²) in [5, 5.41) is 3.80. The molecule has 2 heterocycles. The first-order chi connectivity index (χ1) is 8.99. The van der Waals surface area contributed by atoms with Crippen molar-refractivity contribution in [2.45, 2.75) is 33.2 Å². The minimum atomic E-state index is -0.237. The van der Waals surface area contributed by atoms with E-state index in [1.54, 1.807) is 6.92 Å². The molecule has 6 nitrogen and oxygen atoms in total. The average Bonchev–Trinajstić information content (AvgIpc) is 2.82. The van der Waals surface area contributed by atoms with Gasteiger partial charge in [0.15, 0.2) is 5.82 Å². The van der Waals surface area contributed by atoms with Gasteiger partial charge in [0.2, 0.25) is 5.91 Å². The summed E-state index contributed by atoms with van der Waals surface area (Å²) in [5.74, 6) is 1.37. The molecule has 1 aliphatic heterocycles. The molecule has 1 aromatic heterocycles. The number of hydrogen-bond donors (Lipinski definition) is 0. The van der Waals surface area contributed by atoms with Gasteiger partial charge in [0.05, 0.1) is 13.2 Å². The second-order valence-electron chi connectivity index (χ2n) is 6.05. The largest absolute Gasteiger partial charge is 0.377 e. The smallest absolute Gasteiger partial charge is 0.251 e. The molecule has 1 aliphatic carbocycles. The number of morpholine rings is 1. The summed E-state index contributed by atoms with van der Waals surface area (Å²) in [6, 6.07) is -0.237. The van der Waals surface area contributed by atoms with Crippen LogP contribution in [0.1, 0.15) is 38.0 Å². The van der Waals surface area contributed by atoms with Gasteiger partial charge in [-0.3, -0.25) is 4.79 Å². The van der Waals surface area contributed by atoms with Crippen LogP contribution in [0.3, 0.4) is 0 Å². The molecule has 0 bridgehead atoms. The van der Waals surface area contributed by atoms with Gasteiger partial charge in [-0.15, -0.1) is 0 Å². The lowest BCUT2D eigenvalue weighted by molar-refractivity contribution is -0.143. The molecule has 1 amide bonds. The predicted octanol–water partition coefficient (Wildman–Crippen LogP) is 1.32. The van der Waals surface area contributed by atoms with E-state index in [4.69, 9.17) is 9.26 Å². The fraction of sp³-hybridized carbons (Fsp3) is 0.769. The number of carbonyl (C=O) groups is 1. The van der Waals surface area contributed by atoms with E-state index in [9.17, 15) is 4.79 Å². The van der Waals surface area contributed by atoms with Crippen molar-refractivity contribution < 1.29 is 14.1 Å². The van der Waals surface area contributed by atoms with Crippen molar-refractivity contribution in [1.82, 2.24) is 15.0 Å². The first kappa shape index (κ1) is 12.6. The van der Waals surface area contributed by atoms with Crippen molar-refractivity contribution in [3.05, 3.63) is 11.7 Å². The quantitative estimate of drug-likeness (QED) is 0.806. The van der Waals surface area contributed by atoms with E-state index >= 15 is 0 Å². The van der Waals surface area contributed by atoms with E-state index in [1.807, 2.05) is 4.90 Å². The van der Waals surface area contributed by atoms with Gasteiger partial charge in [0.1, 0.15) is 6.04 Å². The highest BCUT2D eigenvalue weighted by molar-refractivity contribution is 5.83. The van der Waals surface area contributed by atoms with Crippen molar-refractivity contribution in [1.29, 1.82) is 0 Å². The molecule has 0 unspecified atom stereocenters. The van der Waals surface area contributed by atoms with Crippen molar-refractivity contribution >= 4 is 5.91 Å². The van der Waals surface area contributed by atoms with Crippen molar-refractivity contribution in [2.75, 3.05) is 19.8 Å². The second-order valence-corrected chi connectivity index (χ2v) is 6.05. The monoisotopic (exact) mass is 265 g/mol. The molecule has 104 valence electrons. The number of hydrogen-bond acceptors (Lipinski definition) is 5. The van der Waals surface area contributed by atoms with Gasteiger partial charge in [0.25, 0.3) is 5.89 Å². The van der Waals surface area contributed by atoms with Crippen molar-refractivity contribution in [2.24, 2.45) is 11.3 Å². The minimum absolute atomic E-state index is 0.122. The maximum Gasteiger partial charge on any atom is 0.251 e. The molecule has 19 heavy (non-hydrogen) atoms. The topological polar surface area (TPSA) is 68.5 Å². The van der Waals surface area contributed by atoms with Crippen molar-refractivity contribution in [3.8, 4) is 0 Å². The summed E-state index contributed by atoms with van der Waals surface area (Å²) < 4.78 is 10.7. The van der Waals surface area contributed by atoms with Crippen LogP contribution in [0.15, 0.2) is 4.52 Å². The summed E-state index contributed by atoms with van der Waals surface area (Å²) in [5.41, 5.74) is 0.130.